The van der Waals surface area contributed by atoms with Crippen molar-refractivity contribution < 1.29 is 13.2 Å². The molecule has 1 heterocycles. The molecule has 0 atom stereocenters. The van der Waals surface area contributed by atoms with E-state index in [9.17, 15) is 13.2 Å². The quantitative estimate of drug-likeness (QED) is 0.728. The van der Waals surface area contributed by atoms with Gasteiger partial charge in [0.05, 0.1) is 5.69 Å². The summed E-state index contributed by atoms with van der Waals surface area (Å²) in [6.07, 6.45) is 3.40. The highest BCUT2D eigenvalue weighted by Crippen LogP contribution is 2.22. The monoisotopic (exact) mass is 288 g/mol. The van der Waals surface area contributed by atoms with Gasteiger partial charge in [0, 0.05) is 24.3 Å². The zero-order valence-corrected chi connectivity index (χ0v) is 10.9. The third-order valence-electron chi connectivity index (χ3n) is 3.28. The van der Waals surface area contributed by atoms with Crippen molar-refractivity contribution in [1.29, 1.82) is 0 Å². The first-order chi connectivity index (χ1) is 10.2. The first-order valence-electron chi connectivity index (χ1n) is 6.36. The molecule has 0 fully saturated rings. The number of anilines is 1. The van der Waals surface area contributed by atoms with Crippen LogP contribution < -0.4 is 5.32 Å². The summed E-state index contributed by atoms with van der Waals surface area (Å²) in [4.78, 5) is 4.04. The number of benzene rings is 2. The molecule has 0 spiro atoms. The van der Waals surface area contributed by atoms with Gasteiger partial charge in [-0.3, -0.25) is 4.98 Å². The van der Waals surface area contributed by atoms with E-state index in [0.29, 0.717) is 6.54 Å². The zero-order chi connectivity index (χ0) is 14.8. The lowest BCUT2D eigenvalue weighted by molar-refractivity contribution is 0.449. The summed E-state index contributed by atoms with van der Waals surface area (Å²) in [5, 5.41) is 4.72. The molecule has 2 nitrogen and oxygen atoms in total. The summed E-state index contributed by atoms with van der Waals surface area (Å²) in [6, 6.07) is 9.60. The molecular formula is C16H11F3N2. The number of aromatic nitrogens is 1. The van der Waals surface area contributed by atoms with Crippen LogP contribution in [-0.4, -0.2) is 4.98 Å². The Kier molecular flexibility index (Phi) is 3.48. The lowest BCUT2D eigenvalue weighted by atomic mass is 10.1. The molecule has 0 aliphatic heterocycles. The highest BCUT2D eigenvalue weighted by atomic mass is 19.2. The van der Waals surface area contributed by atoms with Crippen molar-refractivity contribution in [3.8, 4) is 0 Å². The molecule has 0 aliphatic rings. The van der Waals surface area contributed by atoms with Gasteiger partial charge < -0.3 is 5.32 Å². The first kappa shape index (κ1) is 13.4. The molecule has 1 aromatic heterocycles. The highest BCUT2D eigenvalue weighted by molar-refractivity contribution is 5.84. The standard InChI is InChI=1S/C16H11F3N2/c17-13-4-5-14(16(19)15(13)18)21-9-11-3-1-2-10-8-20-7-6-12(10)11/h1-8,21H,9H2. The molecule has 0 saturated carbocycles. The maximum atomic E-state index is 13.6. The normalized spacial score (nSPS) is 10.8. The maximum absolute atomic E-state index is 13.6. The van der Waals surface area contributed by atoms with Gasteiger partial charge in [0.2, 0.25) is 0 Å². The Balaban J connectivity index is 1.89. The Labute approximate surface area is 119 Å². The van der Waals surface area contributed by atoms with Crippen molar-refractivity contribution in [2.24, 2.45) is 0 Å². The van der Waals surface area contributed by atoms with Gasteiger partial charge in [-0.25, -0.2) is 13.2 Å². The summed E-state index contributed by atoms with van der Waals surface area (Å²) in [7, 11) is 0. The number of pyridine rings is 1. The fourth-order valence-corrected chi connectivity index (χ4v) is 2.20. The molecule has 0 amide bonds. The fraction of sp³-hybridized carbons (Fsp3) is 0.0625. The van der Waals surface area contributed by atoms with Crippen LogP contribution in [0.4, 0.5) is 18.9 Å². The smallest absolute Gasteiger partial charge is 0.196 e. The van der Waals surface area contributed by atoms with Gasteiger partial charge in [-0.2, -0.15) is 0 Å². The molecule has 0 bridgehead atoms. The van der Waals surface area contributed by atoms with Crippen LogP contribution in [0.3, 0.4) is 0 Å². The highest BCUT2D eigenvalue weighted by Gasteiger charge is 2.13. The van der Waals surface area contributed by atoms with Gasteiger partial charge in [0.15, 0.2) is 17.5 Å². The average molecular weight is 288 g/mol. The average Bonchev–Trinajstić information content (AvgIpc) is 2.52. The van der Waals surface area contributed by atoms with Crippen molar-refractivity contribution in [3.63, 3.8) is 0 Å². The number of nitrogens with one attached hydrogen (secondary N) is 1. The number of fused-ring (bicyclic) bond motifs is 1. The van der Waals surface area contributed by atoms with E-state index < -0.39 is 17.5 Å². The Morgan fingerprint density at radius 3 is 2.67 bits per heavy atom. The van der Waals surface area contributed by atoms with Crippen molar-refractivity contribution in [3.05, 3.63) is 71.8 Å². The molecule has 21 heavy (non-hydrogen) atoms. The third kappa shape index (κ3) is 2.54. The molecule has 0 unspecified atom stereocenters. The Morgan fingerprint density at radius 2 is 1.81 bits per heavy atom. The van der Waals surface area contributed by atoms with Gasteiger partial charge in [0.1, 0.15) is 0 Å². The SMILES string of the molecule is Fc1ccc(NCc2cccc3cnccc23)c(F)c1F. The number of nitrogens with zero attached hydrogens (tertiary/aromatic N) is 1. The molecule has 2 aromatic carbocycles. The van der Waals surface area contributed by atoms with Gasteiger partial charge in [-0.05, 0) is 29.1 Å². The van der Waals surface area contributed by atoms with E-state index in [0.717, 1.165) is 22.4 Å². The molecule has 1 N–H and O–H groups in total. The van der Waals surface area contributed by atoms with Crippen LogP contribution in [0.2, 0.25) is 0 Å². The predicted molar refractivity (Wildman–Crippen MR) is 75.4 cm³/mol. The zero-order valence-electron chi connectivity index (χ0n) is 10.9. The van der Waals surface area contributed by atoms with E-state index in [1.807, 2.05) is 24.3 Å². The van der Waals surface area contributed by atoms with E-state index in [-0.39, 0.29) is 5.69 Å². The van der Waals surface area contributed by atoms with Crippen LogP contribution in [-0.2, 0) is 6.54 Å². The van der Waals surface area contributed by atoms with E-state index >= 15 is 0 Å². The predicted octanol–water partition coefficient (Wildman–Crippen LogP) is 4.26. The van der Waals surface area contributed by atoms with Crippen LogP contribution in [0.25, 0.3) is 10.8 Å². The Morgan fingerprint density at radius 1 is 0.952 bits per heavy atom. The minimum Gasteiger partial charge on any atom is -0.378 e. The molecule has 3 aromatic rings. The fourth-order valence-electron chi connectivity index (χ4n) is 2.20. The molecule has 3 rings (SSSR count). The van der Waals surface area contributed by atoms with E-state index in [1.165, 1.54) is 6.07 Å². The van der Waals surface area contributed by atoms with Gasteiger partial charge in [0.25, 0.3) is 0 Å². The third-order valence-corrected chi connectivity index (χ3v) is 3.28. The van der Waals surface area contributed by atoms with Crippen molar-refractivity contribution in [1.82, 2.24) is 4.98 Å². The van der Waals surface area contributed by atoms with Crippen LogP contribution in [0.15, 0.2) is 48.8 Å². The van der Waals surface area contributed by atoms with Crippen molar-refractivity contribution in [2.75, 3.05) is 5.32 Å². The minimum atomic E-state index is -1.47. The first-order valence-corrected chi connectivity index (χ1v) is 6.36. The summed E-state index contributed by atoms with van der Waals surface area (Å²) in [6.45, 7) is 0.295. The second kappa shape index (κ2) is 5.44. The van der Waals surface area contributed by atoms with E-state index in [4.69, 9.17) is 0 Å². The second-order valence-corrected chi connectivity index (χ2v) is 4.59. The molecule has 5 heteroatoms. The number of rotatable bonds is 3. The van der Waals surface area contributed by atoms with E-state index in [2.05, 4.69) is 10.3 Å². The largest absolute Gasteiger partial charge is 0.378 e. The summed E-state index contributed by atoms with van der Waals surface area (Å²) in [5.74, 6) is -3.88. The molecule has 0 radical (unpaired) electrons. The summed E-state index contributed by atoms with van der Waals surface area (Å²) >= 11 is 0. The number of hydrogen-bond donors (Lipinski definition) is 1. The Bertz CT molecular complexity index is 797. The van der Waals surface area contributed by atoms with Gasteiger partial charge >= 0.3 is 0 Å². The van der Waals surface area contributed by atoms with E-state index in [1.54, 1.807) is 12.4 Å². The topological polar surface area (TPSA) is 24.9 Å². The van der Waals surface area contributed by atoms with Crippen LogP contribution in [0.5, 0.6) is 0 Å². The molecule has 0 saturated heterocycles. The Hall–Kier alpha value is -2.56. The van der Waals surface area contributed by atoms with Crippen molar-refractivity contribution >= 4 is 16.5 Å². The van der Waals surface area contributed by atoms with Crippen LogP contribution in [0.1, 0.15) is 5.56 Å². The molecule has 0 aliphatic carbocycles. The summed E-state index contributed by atoms with van der Waals surface area (Å²) in [5.41, 5.74) is 0.846. The van der Waals surface area contributed by atoms with Crippen LogP contribution in [0, 0.1) is 17.5 Å². The van der Waals surface area contributed by atoms with Crippen molar-refractivity contribution in [2.45, 2.75) is 6.54 Å². The lowest BCUT2D eigenvalue weighted by Gasteiger charge is -2.10. The van der Waals surface area contributed by atoms with Crippen LogP contribution >= 0.6 is 0 Å². The maximum Gasteiger partial charge on any atom is 0.196 e. The van der Waals surface area contributed by atoms with Gasteiger partial charge in [-0.15, -0.1) is 0 Å². The number of hydrogen-bond acceptors (Lipinski definition) is 2. The van der Waals surface area contributed by atoms with Gasteiger partial charge in [-0.1, -0.05) is 18.2 Å². The summed E-state index contributed by atoms with van der Waals surface area (Å²) < 4.78 is 39.6. The lowest BCUT2D eigenvalue weighted by Crippen LogP contribution is -2.04. The minimum absolute atomic E-state index is 0.0695. The molecule has 106 valence electrons. The molecular weight excluding hydrogens is 277 g/mol. The second-order valence-electron chi connectivity index (χ2n) is 4.59. The number of halogens is 3.